The van der Waals surface area contributed by atoms with Gasteiger partial charge in [0.2, 0.25) is 0 Å². The fourth-order valence-corrected chi connectivity index (χ4v) is 2.45. The van der Waals surface area contributed by atoms with Crippen LogP contribution in [0.15, 0.2) is 24.3 Å². The average Bonchev–Trinajstić information content (AvgIpc) is 2.24. The summed E-state index contributed by atoms with van der Waals surface area (Å²) in [6.45, 7) is 0. The highest BCUT2D eigenvalue weighted by Gasteiger charge is 2.14. The molecule has 0 aromatic heterocycles. The maximum absolute atomic E-state index is 13.5. The summed E-state index contributed by atoms with van der Waals surface area (Å²) in [5, 5.41) is 3.01. The summed E-state index contributed by atoms with van der Waals surface area (Å²) in [5.74, 6) is -0.120. The van der Waals surface area contributed by atoms with E-state index in [0.29, 0.717) is 18.4 Å². The van der Waals surface area contributed by atoms with Crippen LogP contribution < -0.4 is 5.32 Å². The lowest BCUT2D eigenvalue weighted by atomic mass is 10.0. The first-order valence-corrected chi connectivity index (χ1v) is 7.59. The highest BCUT2D eigenvalue weighted by atomic mass is 32.2. The zero-order chi connectivity index (χ0) is 12.9. The Morgan fingerprint density at radius 2 is 2.00 bits per heavy atom. The predicted molar refractivity (Wildman–Crippen MR) is 67.1 cm³/mol. The van der Waals surface area contributed by atoms with E-state index in [0.717, 1.165) is 0 Å². The maximum atomic E-state index is 13.5. The lowest BCUT2D eigenvalue weighted by Gasteiger charge is -2.16. The Labute approximate surface area is 102 Å². The van der Waals surface area contributed by atoms with E-state index < -0.39 is 9.84 Å². The second kappa shape index (κ2) is 6.12. The van der Waals surface area contributed by atoms with Crippen molar-refractivity contribution in [1.82, 2.24) is 5.32 Å². The van der Waals surface area contributed by atoms with Crippen LogP contribution in [0.5, 0.6) is 0 Å². The SMILES string of the molecule is CNC(CCCS(C)(=O)=O)c1ccccc1F. The molecule has 1 atom stereocenters. The summed E-state index contributed by atoms with van der Waals surface area (Å²) in [6.07, 6.45) is 2.34. The smallest absolute Gasteiger partial charge is 0.147 e. The molecule has 0 fully saturated rings. The van der Waals surface area contributed by atoms with Gasteiger partial charge in [0, 0.05) is 23.6 Å². The van der Waals surface area contributed by atoms with Crippen molar-refractivity contribution in [2.75, 3.05) is 19.1 Å². The Morgan fingerprint density at radius 1 is 1.35 bits per heavy atom. The maximum Gasteiger partial charge on any atom is 0.147 e. The summed E-state index contributed by atoms with van der Waals surface area (Å²) in [5.41, 5.74) is 0.587. The Balaban J connectivity index is 2.64. The van der Waals surface area contributed by atoms with Crippen LogP contribution in [0.3, 0.4) is 0 Å². The molecule has 0 saturated heterocycles. The number of rotatable bonds is 6. The largest absolute Gasteiger partial charge is 0.313 e. The van der Waals surface area contributed by atoms with E-state index in [1.807, 2.05) is 0 Å². The number of halogens is 1. The van der Waals surface area contributed by atoms with Gasteiger partial charge >= 0.3 is 0 Å². The van der Waals surface area contributed by atoms with Gasteiger partial charge in [-0.25, -0.2) is 12.8 Å². The zero-order valence-corrected chi connectivity index (χ0v) is 10.9. The van der Waals surface area contributed by atoms with Crippen molar-refractivity contribution in [3.8, 4) is 0 Å². The molecule has 96 valence electrons. The molecule has 17 heavy (non-hydrogen) atoms. The second-order valence-electron chi connectivity index (χ2n) is 4.13. The van der Waals surface area contributed by atoms with Gasteiger partial charge in [0.15, 0.2) is 0 Å². The first-order chi connectivity index (χ1) is 7.94. The van der Waals surface area contributed by atoms with Gasteiger partial charge in [-0.05, 0) is 26.0 Å². The van der Waals surface area contributed by atoms with Crippen LogP contribution >= 0.6 is 0 Å². The van der Waals surface area contributed by atoms with E-state index in [1.165, 1.54) is 12.3 Å². The van der Waals surface area contributed by atoms with E-state index in [-0.39, 0.29) is 17.6 Å². The summed E-state index contributed by atoms with van der Waals surface area (Å²) < 4.78 is 35.5. The molecule has 0 heterocycles. The summed E-state index contributed by atoms with van der Waals surface area (Å²) in [6, 6.07) is 6.41. The van der Waals surface area contributed by atoms with Crippen LogP contribution in [0.1, 0.15) is 24.4 Å². The van der Waals surface area contributed by atoms with Crippen LogP contribution in [-0.4, -0.2) is 27.5 Å². The van der Waals surface area contributed by atoms with Crippen LogP contribution in [0.2, 0.25) is 0 Å². The molecule has 0 aliphatic rings. The molecule has 0 amide bonds. The van der Waals surface area contributed by atoms with Gasteiger partial charge in [-0.3, -0.25) is 0 Å². The first-order valence-electron chi connectivity index (χ1n) is 5.53. The predicted octanol–water partition coefficient (Wildman–Crippen LogP) is 1.91. The van der Waals surface area contributed by atoms with Gasteiger partial charge in [0.1, 0.15) is 15.7 Å². The monoisotopic (exact) mass is 259 g/mol. The molecule has 1 aromatic carbocycles. The molecule has 0 aliphatic heterocycles. The van der Waals surface area contributed by atoms with Crippen molar-refractivity contribution >= 4 is 9.84 Å². The second-order valence-corrected chi connectivity index (χ2v) is 6.39. The van der Waals surface area contributed by atoms with Gasteiger partial charge < -0.3 is 5.32 Å². The molecular weight excluding hydrogens is 241 g/mol. The fraction of sp³-hybridized carbons (Fsp3) is 0.500. The molecule has 3 nitrogen and oxygen atoms in total. The normalized spacial score (nSPS) is 13.6. The topological polar surface area (TPSA) is 46.2 Å². The molecule has 0 bridgehead atoms. The molecule has 0 aliphatic carbocycles. The molecule has 1 unspecified atom stereocenters. The number of nitrogens with one attached hydrogen (secondary N) is 1. The molecule has 1 N–H and O–H groups in total. The number of hydrogen-bond acceptors (Lipinski definition) is 3. The highest BCUT2D eigenvalue weighted by molar-refractivity contribution is 7.90. The molecule has 1 aromatic rings. The minimum atomic E-state index is -2.94. The number of hydrogen-bond donors (Lipinski definition) is 1. The fourth-order valence-electron chi connectivity index (χ4n) is 1.76. The standard InChI is InChI=1S/C12H18FNO2S/c1-14-12(8-5-9-17(2,15)16)10-6-3-4-7-11(10)13/h3-4,6-7,12,14H,5,8-9H2,1-2H3. The van der Waals surface area contributed by atoms with E-state index >= 15 is 0 Å². The van der Waals surface area contributed by atoms with Crippen LogP contribution in [-0.2, 0) is 9.84 Å². The van der Waals surface area contributed by atoms with Crippen LogP contribution in [0.4, 0.5) is 4.39 Å². The zero-order valence-electron chi connectivity index (χ0n) is 10.1. The molecule has 5 heteroatoms. The highest BCUT2D eigenvalue weighted by Crippen LogP contribution is 2.21. The Hall–Kier alpha value is -0.940. The summed E-state index contributed by atoms with van der Waals surface area (Å²) >= 11 is 0. The van der Waals surface area contributed by atoms with Crippen molar-refractivity contribution in [2.24, 2.45) is 0 Å². The van der Waals surface area contributed by atoms with Crippen molar-refractivity contribution in [1.29, 1.82) is 0 Å². The van der Waals surface area contributed by atoms with Gasteiger partial charge in [-0.15, -0.1) is 0 Å². The van der Waals surface area contributed by atoms with E-state index in [4.69, 9.17) is 0 Å². The van der Waals surface area contributed by atoms with Gasteiger partial charge in [0.25, 0.3) is 0 Å². The van der Waals surface area contributed by atoms with Crippen LogP contribution in [0.25, 0.3) is 0 Å². The molecule has 0 spiro atoms. The third-order valence-corrected chi connectivity index (χ3v) is 3.67. The summed E-state index contributed by atoms with van der Waals surface area (Å²) in [4.78, 5) is 0. The minimum absolute atomic E-state index is 0.139. The summed E-state index contributed by atoms with van der Waals surface area (Å²) in [7, 11) is -1.19. The number of benzene rings is 1. The van der Waals surface area contributed by atoms with E-state index in [2.05, 4.69) is 5.32 Å². The van der Waals surface area contributed by atoms with Gasteiger partial charge in [-0.1, -0.05) is 18.2 Å². The molecular formula is C12H18FNO2S. The molecule has 1 rings (SSSR count). The molecule has 0 saturated carbocycles. The van der Waals surface area contributed by atoms with E-state index in [1.54, 1.807) is 25.2 Å². The minimum Gasteiger partial charge on any atom is -0.313 e. The number of sulfone groups is 1. The lowest BCUT2D eigenvalue weighted by molar-refractivity contribution is 0.502. The van der Waals surface area contributed by atoms with Crippen LogP contribution in [0, 0.1) is 5.82 Å². The third-order valence-electron chi connectivity index (χ3n) is 2.64. The van der Waals surface area contributed by atoms with Crippen molar-refractivity contribution in [2.45, 2.75) is 18.9 Å². The Bertz CT molecular complexity index is 459. The van der Waals surface area contributed by atoms with Crippen molar-refractivity contribution < 1.29 is 12.8 Å². The first kappa shape index (κ1) is 14.1. The Morgan fingerprint density at radius 3 is 2.53 bits per heavy atom. The Kier molecular flexibility index (Phi) is 5.08. The van der Waals surface area contributed by atoms with Gasteiger partial charge in [-0.2, -0.15) is 0 Å². The van der Waals surface area contributed by atoms with Crippen molar-refractivity contribution in [3.05, 3.63) is 35.6 Å². The quantitative estimate of drug-likeness (QED) is 0.849. The van der Waals surface area contributed by atoms with Crippen molar-refractivity contribution in [3.63, 3.8) is 0 Å². The lowest BCUT2D eigenvalue weighted by Crippen LogP contribution is -2.18. The average molecular weight is 259 g/mol. The third kappa shape index (κ3) is 4.83. The van der Waals surface area contributed by atoms with E-state index in [9.17, 15) is 12.8 Å². The van der Waals surface area contributed by atoms with Gasteiger partial charge in [0.05, 0.1) is 0 Å². The molecule has 0 radical (unpaired) electrons.